The standard InChI is InChI=1S/C13H23F2N3O/c1-3-7-16-11(6-9-19-10-13(14)15)12-5-8-17-18(12)4-2/h5,8,11,13,16H,3-4,6-7,9-10H2,1-2H3. The first kappa shape index (κ1) is 16.0. The van der Waals surface area contributed by atoms with Gasteiger partial charge in [0.15, 0.2) is 0 Å². The fourth-order valence-electron chi connectivity index (χ4n) is 1.95. The highest BCUT2D eigenvalue weighted by Gasteiger charge is 2.15. The van der Waals surface area contributed by atoms with Crippen molar-refractivity contribution in [2.75, 3.05) is 19.8 Å². The molecular formula is C13H23F2N3O. The summed E-state index contributed by atoms with van der Waals surface area (Å²) < 4.78 is 30.9. The Kier molecular flexibility index (Phi) is 7.59. The zero-order chi connectivity index (χ0) is 14.1. The Morgan fingerprint density at radius 2 is 2.21 bits per heavy atom. The summed E-state index contributed by atoms with van der Waals surface area (Å²) in [5.41, 5.74) is 1.08. The summed E-state index contributed by atoms with van der Waals surface area (Å²) in [7, 11) is 0. The lowest BCUT2D eigenvalue weighted by atomic mass is 10.1. The number of ether oxygens (including phenoxy) is 1. The van der Waals surface area contributed by atoms with Crippen molar-refractivity contribution in [2.24, 2.45) is 0 Å². The summed E-state index contributed by atoms with van der Waals surface area (Å²) in [5, 5.41) is 7.64. The third kappa shape index (κ3) is 5.65. The van der Waals surface area contributed by atoms with Crippen LogP contribution < -0.4 is 5.32 Å². The maximum Gasteiger partial charge on any atom is 0.261 e. The summed E-state index contributed by atoms with van der Waals surface area (Å²) >= 11 is 0. The lowest BCUT2D eigenvalue weighted by Gasteiger charge is -2.19. The Morgan fingerprint density at radius 1 is 1.42 bits per heavy atom. The smallest absolute Gasteiger partial charge is 0.261 e. The van der Waals surface area contributed by atoms with Crippen molar-refractivity contribution >= 4 is 0 Å². The van der Waals surface area contributed by atoms with Gasteiger partial charge in [-0.2, -0.15) is 5.10 Å². The van der Waals surface area contributed by atoms with Gasteiger partial charge in [0, 0.05) is 19.3 Å². The molecule has 0 saturated heterocycles. The van der Waals surface area contributed by atoms with E-state index < -0.39 is 13.0 Å². The summed E-state index contributed by atoms with van der Waals surface area (Å²) in [5.74, 6) is 0. The van der Waals surface area contributed by atoms with E-state index in [2.05, 4.69) is 17.3 Å². The molecule has 6 heteroatoms. The van der Waals surface area contributed by atoms with E-state index in [9.17, 15) is 8.78 Å². The van der Waals surface area contributed by atoms with Gasteiger partial charge in [0.1, 0.15) is 6.61 Å². The molecule has 1 heterocycles. The Hall–Kier alpha value is -1.01. The highest BCUT2D eigenvalue weighted by molar-refractivity contribution is 5.07. The lowest BCUT2D eigenvalue weighted by molar-refractivity contribution is 0.0141. The summed E-state index contributed by atoms with van der Waals surface area (Å²) in [6.45, 7) is 5.63. The molecule has 0 radical (unpaired) electrons. The van der Waals surface area contributed by atoms with Gasteiger partial charge in [-0.05, 0) is 32.4 Å². The van der Waals surface area contributed by atoms with Crippen LogP contribution in [0.25, 0.3) is 0 Å². The van der Waals surface area contributed by atoms with E-state index >= 15 is 0 Å². The molecule has 0 fully saturated rings. The van der Waals surface area contributed by atoms with Gasteiger partial charge < -0.3 is 10.1 Å². The van der Waals surface area contributed by atoms with Gasteiger partial charge in [0.25, 0.3) is 6.43 Å². The Bertz CT molecular complexity index is 344. The van der Waals surface area contributed by atoms with Crippen molar-refractivity contribution < 1.29 is 13.5 Å². The summed E-state index contributed by atoms with van der Waals surface area (Å²) in [4.78, 5) is 0. The minimum Gasteiger partial charge on any atom is -0.375 e. The zero-order valence-electron chi connectivity index (χ0n) is 11.6. The van der Waals surface area contributed by atoms with Crippen LogP contribution in [0.3, 0.4) is 0 Å². The predicted octanol–water partition coefficient (Wildman–Crippen LogP) is 2.62. The first-order valence-corrected chi connectivity index (χ1v) is 6.80. The molecule has 1 atom stereocenters. The SMILES string of the molecule is CCCNC(CCOCC(F)F)c1ccnn1CC. The normalized spacial score (nSPS) is 13.1. The molecule has 110 valence electrons. The number of hydrogen-bond donors (Lipinski definition) is 1. The van der Waals surface area contributed by atoms with Crippen LogP contribution in [0.5, 0.6) is 0 Å². The van der Waals surface area contributed by atoms with E-state index in [1.165, 1.54) is 0 Å². The molecule has 1 unspecified atom stereocenters. The molecule has 4 nitrogen and oxygen atoms in total. The Morgan fingerprint density at radius 3 is 2.84 bits per heavy atom. The van der Waals surface area contributed by atoms with E-state index in [0.29, 0.717) is 13.0 Å². The summed E-state index contributed by atoms with van der Waals surface area (Å²) in [6.07, 6.45) is 1.05. The van der Waals surface area contributed by atoms with Crippen molar-refractivity contribution in [1.29, 1.82) is 0 Å². The van der Waals surface area contributed by atoms with Gasteiger partial charge in [-0.25, -0.2) is 8.78 Å². The van der Waals surface area contributed by atoms with Crippen LogP contribution in [-0.2, 0) is 11.3 Å². The van der Waals surface area contributed by atoms with Crippen LogP contribution in [0.15, 0.2) is 12.3 Å². The average molecular weight is 275 g/mol. The third-order valence-electron chi connectivity index (χ3n) is 2.84. The lowest BCUT2D eigenvalue weighted by Crippen LogP contribution is -2.26. The average Bonchev–Trinajstić information content (AvgIpc) is 2.86. The molecule has 0 aliphatic rings. The minimum absolute atomic E-state index is 0.0973. The van der Waals surface area contributed by atoms with Crippen molar-refractivity contribution in [3.8, 4) is 0 Å². The molecule has 1 aromatic heterocycles. The first-order chi connectivity index (χ1) is 9.19. The number of rotatable bonds is 10. The Balaban J connectivity index is 2.51. The van der Waals surface area contributed by atoms with Gasteiger partial charge in [0.2, 0.25) is 0 Å². The number of nitrogens with one attached hydrogen (secondary N) is 1. The van der Waals surface area contributed by atoms with Crippen LogP contribution in [0.1, 0.15) is 38.4 Å². The van der Waals surface area contributed by atoms with Crippen molar-refractivity contribution in [3.05, 3.63) is 18.0 Å². The quantitative estimate of drug-likeness (QED) is 0.667. The van der Waals surface area contributed by atoms with Crippen LogP contribution in [0.2, 0.25) is 0 Å². The molecule has 0 aromatic carbocycles. The van der Waals surface area contributed by atoms with E-state index in [4.69, 9.17) is 4.74 Å². The maximum absolute atomic E-state index is 12.0. The third-order valence-corrected chi connectivity index (χ3v) is 2.84. The molecule has 1 N–H and O–H groups in total. The summed E-state index contributed by atoms with van der Waals surface area (Å²) in [6, 6.07) is 2.06. The predicted molar refractivity (Wildman–Crippen MR) is 70.4 cm³/mol. The molecule has 19 heavy (non-hydrogen) atoms. The van der Waals surface area contributed by atoms with Crippen molar-refractivity contribution in [3.63, 3.8) is 0 Å². The molecule has 1 aromatic rings. The molecule has 1 rings (SSSR count). The maximum atomic E-state index is 12.0. The molecule has 0 aliphatic heterocycles. The van der Waals surface area contributed by atoms with Crippen LogP contribution >= 0.6 is 0 Å². The molecular weight excluding hydrogens is 252 g/mol. The zero-order valence-corrected chi connectivity index (χ0v) is 11.6. The molecule has 0 amide bonds. The number of alkyl halides is 2. The number of hydrogen-bond acceptors (Lipinski definition) is 3. The van der Waals surface area contributed by atoms with E-state index in [1.807, 2.05) is 17.7 Å². The van der Waals surface area contributed by atoms with Gasteiger partial charge in [-0.3, -0.25) is 4.68 Å². The van der Waals surface area contributed by atoms with Crippen LogP contribution in [0.4, 0.5) is 8.78 Å². The van der Waals surface area contributed by atoms with Crippen LogP contribution in [0, 0.1) is 0 Å². The van der Waals surface area contributed by atoms with Gasteiger partial charge in [0.05, 0.1) is 11.7 Å². The fraction of sp³-hybridized carbons (Fsp3) is 0.769. The number of halogens is 2. The number of aryl methyl sites for hydroxylation is 1. The molecule has 0 bridgehead atoms. The fourth-order valence-corrected chi connectivity index (χ4v) is 1.95. The molecule has 0 aliphatic carbocycles. The monoisotopic (exact) mass is 275 g/mol. The molecule has 0 spiro atoms. The minimum atomic E-state index is -2.40. The van der Waals surface area contributed by atoms with E-state index in [1.54, 1.807) is 6.20 Å². The molecule has 0 saturated carbocycles. The van der Waals surface area contributed by atoms with Gasteiger partial charge in [-0.15, -0.1) is 0 Å². The topological polar surface area (TPSA) is 39.1 Å². The largest absolute Gasteiger partial charge is 0.375 e. The second-order valence-electron chi connectivity index (χ2n) is 4.33. The second kappa shape index (κ2) is 8.98. The van der Waals surface area contributed by atoms with Crippen LogP contribution in [-0.4, -0.2) is 36.0 Å². The van der Waals surface area contributed by atoms with E-state index in [-0.39, 0.29) is 6.04 Å². The number of nitrogens with zero attached hydrogens (tertiary/aromatic N) is 2. The van der Waals surface area contributed by atoms with Crippen molar-refractivity contribution in [2.45, 2.75) is 45.7 Å². The van der Waals surface area contributed by atoms with Gasteiger partial charge in [-0.1, -0.05) is 6.92 Å². The van der Waals surface area contributed by atoms with Crippen molar-refractivity contribution in [1.82, 2.24) is 15.1 Å². The second-order valence-corrected chi connectivity index (χ2v) is 4.33. The first-order valence-electron chi connectivity index (χ1n) is 6.80. The van der Waals surface area contributed by atoms with Gasteiger partial charge >= 0.3 is 0 Å². The highest BCUT2D eigenvalue weighted by atomic mass is 19.3. The Labute approximate surface area is 113 Å². The number of aromatic nitrogens is 2. The van der Waals surface area contributed by atoms with E-state index in [0.717, 1.165) is 25.2 Å². The highest BCUT2D eigenvalue weighted by Crippen LogP contribution is 2.16.